The van der Waals surface area contributed by atoms with Gasteiger partial charge in [-0.25, -0.2) is 9.87 Å². The second-order valence-electron chi connectivity index (χ2n) is 5.79. The summed E-state index contributed by atoms with van der Waals surface area (Å²) in [5.74, 6) is -1.75. The van der Waals surface area contributed by atoms with Crippen LogP contribution in [-0.2, 0) is 5.41 Å². The molecule has 1 aliphatic carbocycles. The van der Waals surface area contributed by atoms with Crippen molar-refractivity contribution in [2.75, 3.05) is 0 Å². The molecule has 1 aliphatic rings. The number of halogens is 4. The molecular weight excluding hydrogens is 342 g/mol. The summed E-state index contributed by atoms with van der Waals surface area (Å²) in [4.78, 5) is 11.2. The summed E-state index contributed by atoms with van der Waals surface area (Å²) < 4.78 is 58.5. The van der Waals surface area contributed by atoms with E-state index in [2.05, 4.69) is 0 Å². The van der Waals surface area contributed by atoms with Gasteiger partial charge in [0.05, 0.1) is 5.41 Å². The Morgan fingerprint density at radius 1 is 1.12 bits per heavy atom. The van der Waals surface area contributed by atoms with Crippen LogP contribution >= 0.6 is 0 Å². The minimum absolute atomic E-state index is 0.0553. The first-order chi connectivity index (χ1) is 11.8. The van der Waals surface area contributed by atoms with Gasteiger partial charge < -0.3 is 4.74 Å². The Morgan fingerprint density at radius 2 is 1.76 bits per heavy atom. The van der Waals surface area contributed by atoms with Crippen molar-refractivity contribution in [3.05, 3.63) is 59.4 Å². The number of ether oxygens (including phenoxy) is 1. The van der Waals surface area contributed by atoms with Crippen molar-refractivity contribution in [3.63, 3.8) is 0 Å². The third-order valence-corrected chi connectivity index (χ3v) is 4.22. The molecule has 1 fully saturated rings. The average Bonchev–Trinajstić information content (AvgIpc) is 3.38. The first kappa shape index (κ1) is 17.2. The standard InChI is InChI=1S/C17H13F4NO3/c18-13-9-10(15(23)22-24)1-6-14(13)25-12-4-2-11(3-5-12)16(7-8-16)17(19,20)21/h1-6,9,24H,7-8H2,(H,22,23). The van der Waals surface area contributed by atoms with Gasteiger partial charge in [-0.05, 0) is 48.7 Å². The SMILES string of the molecule is O=C(NO)c1ccc(Oc2ccc(C3(C(F)(F)F)CC3)cc2)c(F)c1. The molecule has 2 aromatic carbocycles. The number of hydroxylamine groups is 1. The summed E-state index contributed by atoms with van der Waals surface area (Å²) in [6.07, 6.45) is -4.19. The maximum atomic E-state index is 13.9. The monoisotopic (exact) mass is 355 g/mol. The van der Waals surface area contributed by atoms with Gasteiger partial charge in [-0.2, -0.15) is 13.2 Å². The lowest BCUT2D eigenvalue weighted by atomic mass is 9.95. The van der Waals surface area contributed by atoms with Crippen LogP contribution in [-0.4, -0.2) is 17.3 Å². The number of rotatable bonds is 4. The van der Waals surface area contributed by atoms with Gasteiger partial charge in [-0.1, -0.05) is 12.1 Å². The van der Waals surface area contributed by atoms with E-state index in [0.29, 0.717) is 0 Å². The summed E-state index contributed by atoms with van der Waals surface area (Å²) in [5, 5.41) is 8.50. The van der Waals surface area contributed by atoms with Gasteiger partial charge >= 0.3 is 6.18 Å². The molecule has 0 aromatic heterocycles. The van der Waals surface area contributed by atoms with Gasteiger partial charge in [-0.3, -0.25) is 10.0 Å². The highest BCUT2D eigenvalue weighted by molar-refractivity contribution is 5.93. The third-order valence-electron chi connectivity index (χ3n) is 4.22. The van der Waals surface area contributed by atoms with Gasteiger partial charge in [0.25, 0.3) is 5.91 Å². The van der Waals surface area contributed by atoms with Crippen molar-refractivity contribution < 1.29 is 32.3 Å². The predicted octanol–water partition coefficient (Wildman–Crippen LogP) is 4.33. The molecule has 0 heterocycles. The fraction of sp³-hybridized carbons (Fsp3) is 0.235. The van der Waals surface area contributed by atoms with E-state index in [9.17, 15) is 22.4 Å². The molecule has 3 rings (SSSR count). The topological polar surface area (TPSA) is 58.6 Å². The molecular formula is C17H13F4NO3. The fourth-order valence-corrected chi connectivity index (χ4v) is 2.62. The minimum atomic E-state index is -4.30. The Morgan fingerprint density at radius 3 is 2.24 bits per heavy atom. The zero-order valence-corrected chi connectivity index (χ0v) is 12.7. The first-order valence-electron chi connectivity index (χ1n) is 7.36. The normalized spacial score (nSPS) is 15.6. The summed E-state index contributed by atoms with van der Waals surface area (Å²) in [6.45, 7) is 0. The van der Waals surface area contributed by atoms with Crippen LogP contribution in [0.2, 0.25) is 0 Å². The molecule has 132 valence electrons. The molecule has 0 atom stereocenters. The van der Waals surface area contributed by atoms with Crippen LogP contribution in [0.25, 0.3) is 0 Å². The van der Waals surface area contributed by atoms with Crippen molar-refractivity contribution in [2.45, 2.75) is 24.4 Å². The van der Waals surface area contributed by atoms with Gasteiger partial charge in [0.1, 0.15) is 5.75 Å². The van der Waals surface area contributed by atoms with E-state index in [1.54, 1.807) is 0 Å². The number of benzene rings is 2. The van der Waals surface area contributed by atoms with Crippen LogP contribution in [0.4, 0.5) is 17.6 Å². The number of hydrogen-bond donors (Lipinski definition) is 2. The van der Waals surface area contributed by atoms with Gasteiger partial charge in [0.15, 0.2) is 11.6 Å². The molecule has 0 radical (unpaired) electrons. The number of carbonyl (C=O) groups excluding carboxylic acids is 1. The van der Waals surface area contributed by atoms with Crippen molar-refractivity contribution in [3.8, 4) is 11.5 Å². The van der Waals surface area contributed by atoms with Crippen molar-refractivity contribution >= 4 is 5.91 Å². The Hall–Kier alpha value is -2.61. The maximum Gasteiger partial charge on any atom is 0.398 e. The quantitative estimate of drug-likeness (QED) is 0.488. The van der Waals surface area contributed by atoms with Gasteiger partial charge in [-0.15, -0.1) is 0 Å². The predicted molar refractivity (Wildman–Crippen MR) is 79.1 cm³/mol. The summed E-state index contributed by atoms with van der Waals surface area (Å²) in [5.41, 5.74) is -0.356. The second-order valence-corrected chi connectivity index (χ2v) is 5.79. The third kappa shape index (κ3) is 3.17. The molecule has 4 nitrogen and oxygen atoms in total. The zero-order chi connectivity index (χ0) is 18.2. The van der Waals surface area contributed by atoms with Gasteiger partial charge in [0.2, 0.25) is 0 Å². The molecule has 0 spiro atoms. The molecule has 1 saturated carbocycles. The molecule has 0 aliphatic heterocycles. The van der Waals surface area contributed by atoms with Gasteiger partial charge in [0, 0.05) is 5.56 Å². The van der Waals surface area contributed by atoms with Crippen molar-refractivity contribution in [2.24, 2.45) is 0 Å². The van der Waals surface area contributed by atoms with E-state index in [4.69, 9.17) is 9.94 Å². The van der Waals surface area contributed by atoms with Crippen LogP contribution in [0.5, 0.6) is 11.5 Å². The zero-order valence-electron chi connectivity index (χ0n) is 12.7. The molecule has 0 unspecified atom stereocenters. The van der Waals surface area contributed by atoms with E-state index in [0.717, 1.165) is 6.07 Å². The molecule has 2 aromatic rings. The number of carbonyl (C=O) groups is 1. The molecule has 2 N–H and O–H groups in total. The second kappa shape index (κ2) is 6.03. The summed E-state index contributed by atoms with van der Waals surface area (Å²) in [6, 6.07) is 8.62. The number of hydrogen-bond acceptors (Lipinski definition) is 3. The van der Waals surface area contributed by atoms with Crippen LogP contribution < -0.4 is 10.2 Å². The number of nitrogens with one attached hydrogen (secondary N) is 1. The Kier molecular flexibility index (Phi) is 4.16. The lowest BCUT2D eigenvalue weighted by Crippen LogP contribution is -2.28. The van der Waals surface area contributed by atoms with Crippen LogP contribution in [0.1, 0.15) is 28.8 Å². The summed E-state index contributed by atoms with van der Waals surface area (Å²) in [7, 11) is 0. The van der Waals surface area contributed by atoms with Crippen LogP contribution in [0.3, 0.4) is 0 Å². The Labute approximate surface area is 140 Å². The Bertz CT molecular complexity index is 799. The maximum absolute atomic E-state index is 13.9. The number of alkyl halides is 3. The van der Waals surface area contributed by atoms with Crippen LogP contribution in [0, 0.1) is 5.82 Å². The molecule has 1 amide bonds. The van der Waals surface area contributed by atoms with E-state index in [1.165, 1.54) is 41.9 Å². The van der Waals surface area contributed by atoms with E-state index >= 15 is 0 Å². The van der Waals surface area contributed by atoms with Crippen LogP contribution in [0.15, 0.2) is 42.5 Å². The smallest absolute Gasteiger partial charge is 0.398 e. The lowest BCUT2D eigenvalue weighted by molar-refractivity contribution is -0.160. The fourth-order valence-electron chi connectivity index (χ4n) is 2.62. The molecule has 0 saturated heterocycles. The minimum Gasteiger partial charge on any atom is -0.454 e. The molecule has 25 heavy (non-hydrogen) atoms. The van der Waals surface area contributed by atoms with Crippen molar-refractivity contribution in [1.29, 1.82) is 0 Å². The van der Waals surface area contributed by atoms with E-state index in [-0.39, 0.29) is 35.5 Å². The van der Waals surface area contributed by atoms with E-state index < -0.39 is 23.3 Å². The lowest BCUT2D eigenvalue weighted by Gasteiger charge is -2.19. The van der Waals surface area contributed by atoms with E-state index in [1.807, 2.05) is 0 Å². The Balaban J connectivity index is 1.78. The summed E-state index contributed by atoms with van der Waals surface area (Å²) >= 11 is 0. The molecule has 0 bridgehead atoms. The van der Waals surface area contributed by atoms with Crippen molar-refractivity contribution in [1.82, 2.24) is 5.48 Å². The molecule has 8 heteroatoms. The highest BCUT2D eigenvalue weighted by Gasteiger charge is 2.64. The first-order valence-corrected chi connectivity index (χ1v) is 7.36. The average molecular weight is 355 g/mol. The highest BCUT2D eigenvalue weighted by atomic mass is 19.4. The largest absolute Gasteiger partial charge is 0.454 e. The highest BCUT2D eigenvalue weighted by Crippen LogP contribution is 2.58. The number of amides is 1.